The number of hydrogen-bond donors (Lipinski definition) is 2. The zero-order valence-corrected chi connectivity index (χ0v) is 17.4. The van der Waals surface area contributed by atoms with Crippen LogP contribution in [0.15, 0.2) is 42.5 Å². The van der Waals surface area contributed by atoms with Gasteiger partial charge in [0.15, 0.2) is 0 Å². The molecule has 2 N–H and O–H groups in total. The van der Waals surface area contributed by atoms with Crippen molar-refractivity contribution in [1.82, 2.24) is 10.2 Å². The number of amides is 4. The van der Waals surface area contributed by atoms with Gasteiger partial charge in [-0.2, -0.15) is 0 Å². The highest BCUT2D eigenvalue weighted by atomic mass is 16.2. The third kappa shape index (κ3) is 3.19. The smallest absolute Gasteiger partial charge is 0.326 e. The SMILES string of the molecule is Cc1ccc2c(c1)C1CN(C)CCC1N2C(=O)Nc1cccc(N2CCNC2=O)c1. The highest BCUT2D eigenvalue weighted by molar-refractivity contribution is 6.04. The van der Waals surface area contributed by atoms with Gasteiger partial charge in [-0.1, -0.05) is 23.8 Å². The van der Waals surface area contributed by atoms with Gasteiger partial charge in [0, 0.05) is 48.7 Å². The molecule has 0 saturated carbocycles. The molecule has 3 aliphatic heterocycles. The first kappa shape index (κ1) is 18.9. The topological polar surface area (TPSA) is 67.9 Å². The van der Waals surface area contributed by atoms with E-state index >= 15 is 0 Å². The summed E-state index contributed by atoms with van der Waals surface area (Å²) in [5.41, 5.74) is 4.99. The van der Waals surface area contributed by atoms with E-state index in [0.29, 0.717) is 24.7 Å². The molecule has 30 heavy (non-hydrogen) atoms. The maximum Gasteiger partial charge on any atom is 0.326 e. The van der Waals surface area contributed by atoms with Crippen LogP contribution in [0.25, 0.3) is 0 Å². The van der Waals surface area contributed by atoms with Crippen molar-refractivity contribution in [3.63, 3.8) is 0 Å². The lowest BCUT2D eigenvalue weighted by Gasteiger charge is -2.36. The standard InChI is InChI=1S/C23H27N5O2/c1-15-6-7-20-18(12-15)19-14-26(2)10-8-21(19)28(20)23(30)25-16-4-3-5-17(13-16)27-11-9-24-22(27)29/h3-7,12-13,19,21H,8-11,14H2,1-2H3,(H,24,29)(H,25,30). The summed E-state index contributed by atoms with van der Waals surface area (Å²) in [4.78, 5) is 31.4. The first-order valence-corrected chi connectivity index (χ1v) is 10.6. The third-order valence-electron chi connectivity index (χ3n) is 6.44. The normalized spacial score (nSPS) is 23.2. The van der Waals surface area contributed by atoms with Crippen molar-refractivity contribution in [2.75, 3.05) is 48.3 Å². The number of urea groups is 2. The van der Waals surface area contributed by atoms with Gasteiger partial charge in [0.2, 0.25) is 0 Å². The summed E-state index contributed by atoms with van der Waals surface area (Å²) in [6.07, 6.45) is 0.955. The zero-order chi connectivity index (χ0) is 20.8. The van der Waals surface area contributed by atoms with Crippen molar-refractivity contribution in [2.24, 2.45) is 0 Å². The van der Waals surface area contributed by atoms with Crippen molar-refractivity contribution in [2.45, 2.75) is 25.3 Å². The molecule has 0 bridgehead atoms. The number of carbonyl (C=O) groups excluding carboxylic acids is 2. The Labute approximate surface area is 176 Å². The minimum Gasteiger partial charge on any atom is -0.336 e. The summed E-state index contributed by atoms with van der Waals surface area (Å²) >= 11 is 0. The summed E-state index contributed by atoms with van der Waals surface area (Å²) < 4.78 is 0. The largest absolute Gasteiger partial charge is 0.336 e. The second-order valence-corrected chi connectivity index (χ2v) is 8.52. The van der Waals surface area contributed by atoms with Crippen LogP contribution in [-0.2, 0) is 0 Å². The predicted octanol–water partition coefficient (Wildman–Crippen LogP) is 3.36. The molecule has 5 rings (SSSR count). The molecule has 2 unspecified atom stereocenters. The molecule has 4 amide bonds. The molecule has 2 aromatic rings. The first-order valence-electron chi connectivity index (χ1n) is 10.6. The number of carbonyl (C=O) groups is 2. The van der Waals surface area contributed by atoms with Gasteiger partial charge in [-0.3, -0.25) is 9.80 Å². The molecule has 2 saturated heterocycles. The van der Waals surface area contributed by atoms with Crippen LogP contribution in [0.2, 0.25) is 0 Å². The number of benzene rings is 2. The summed E-state index contributed by atoms with van der Waals surface area (Å²) in [6.45, 7) is 5.32. The van der Waals surface area contributed by atoms with Crippen LogP contribution in [0.1, 0.15) is 23.5 Å². The number of rotatable bonds is 2. The molecule has 0 aromatic heterocycles. The lowest BCUT2D eigenvalue weighted by atomic mass is 9.89. The maximum absolute atomic E-state index is 13.4. The molecule has 0 radical (unpaired) electrons. The number of aryl methyl sites for hydroxylation is 1. The Morgan fingerprint density at radius 3 is 2.83 bits per heavy atom. The van der Waals surface area contributed by atoms with E-state index in [4.69, 9.17) is 0 Å². The van der Waals surface area contributed by atoms with E-state index in [9.17, 15) is 9.59 Å². The Bertz CT molecular complexity index is 1010. The molecule has 0 spiro atoms. The minimum atomic E-state index is -0.111. The van der Waals surface area contributed by atoms with E-state index in [1.165, 1.54) is 11.1 Å². The number of hydrogen-bond acceptors (Lipinski definition) is 3. The van der Waals surface area contributed by atoms with E-state index in [2.05, 4.69) is 47.7 Å². The van der Waals surface area contributed by atoms with Crippen LogP contribution < -0.4 is 20.4 Å². The lowest BCUT2D eigenvalue weighted by molar-refractivity contribution is 0.224. The Kier molecular flexibility index (Phi) is 4.62. The monoisotopic (exact) mass is 405 g/mol. The number of nitrogens with zero attached hydrogens (tertiary/aromatic N) is 3. The van der Waals surface area contributed by atoms with Crippen molar-refractivity contribution >= 4 is 29.1 Å². The van der Waals surface area contributed by atoms with Gasteiger partial charge in [-0.05, 0) is 56.8 Å². The minimum absolute atomic E-state index is 0.100. The van der Waals surface area contributed by atoms with Crippen molar-refractivity contribution < 1.29 is 9.59 Å². The van der Waals surface area contributed by atoms with Crippen molar-refractivity contribution in [3.05, 3.63) is 53.6 Å². The summed E-state index contributed by atoms with van der Waals surface area (Å²) in [5, 5.41) is 5.89. The van der Waals surface area contributed by atoms with Gasteiger partial charge in [0.05, 0.1) is 0 Å². The summed E-state index contributed by atoms with van der Waals surface area (Å²) in [5.74, 6) is 0.337. The van der Waals surface area contributed by atoms with Crippen LogP contribution in [0.5, 0.6) is 0 Å². The average Bonchev–Trinajstić information content (AvgIpc) is 3.29. The van der Waals surface area contributed by atoms with Gasteiger partial charge < -0.3 is 15.5 Å². The Morgan fingerprint density at radius 1 is 1.17 bits per heavy atom. The van der Waals surface area contributed by atoms with Gasteiger partial charge in [-0.15, -0.1) is 0 Å². The number of anilines is 3. The number of piperidine rings is 1. The Morgan fingerprint density at radius 2 is 2.03 bits per heavy atom. The predicted molar refractivity (Wildman–Crippen MR) is 119 cm³/mol. The second kappa shape index (κ2) is 7.32. The molecular weight excluding hydrogens is 378 g/mol. The molecular formula is C23H27N5O2. The molecule has 7 heteroatoms. The molecule has 0 aliphatic carbocycles. The fourth-order valence-corrected chi connectivity index (χ4v) is 5.00. The van der Waals surface area contributed by atoms with Crippen molar-refractivity contribution in [1.29, 1.82) is 0 Å². The van der Waals surface area contributed by atoms with E-state index in [1.54, 1.807) is 4.90 Å². The zero-order valence-electron chi connectivity index (χ0n) is 17.4. The fraction of sp³-hybridized carbons (Fsp3) is 0.391. The van der Waals surface area contributed by atoms with Crippen LogP contribution in [0.3, 0.4) is 0 Å². The first-order chi connectivity index (χ1) is 14.5. The lowest BCUT2D eigenvalue weighted by Crippen LogP contribution is -2.48. The molecule has 3 aliphatic rings. The van der Waals surface area contributed by atoms with Crippen molar-refractivity contribution in [3.8, 4) is 0 Å². The maximum atomic E-state index is 13.4. The average molecular weight is 406 g/mol. The fourth-order valence-electron chi connectivity index (χ4n) is 5.00. The van der Waals surface area contributed by atoms with Gasteiger partial charge >= 0.3 is 12.1 Å². The third-order valence-corrected chi connectivity index (χ3v) is 6.44. The van der Waals surface area contributed by atoms with E-state index in [1.807, 2.05) is 29.2 Å². The number of fused-ring (bicyclic) bond motifs is 3. The molecule has 3 heterocycles. The van der Waals surface area contributed by atoms with Crippen LogP contribution in [0, 0.1) is 6.92 Å². The van der Waals surface area contributed by atoms with Gasteiger partial charge in [0.25, 0.3) is 0 Å². The highest BCUT2D eigenvalue weighted by Gasteiger charge is 2.44. The van der Waals surface area contributed by atoms with E-state index in [0.717, 1.165) is 30.9 Å². The summed E-state index contributed by atoms with van der Waals surface area (Å²) in [6, 6.07) is 13.8. The second-order valence-electron chi connectivity index (χ2n) is 8.52. The number of likely N-dealkylation sites (N-methyl/N-ethyl adjacent to an activating group) is 1. The van der Waals surface area contributed by atoms with Crippen LogP contribution >= 0.6 is 0 Å². The van der Waals surface area contributed by atoms with Crippen LogP contribution in [-0.4, -0.2) is 56.2 Å². The molecule has 2 aromatic carbocycles. The quantitative estimate of drug-likeness (QED) is 0.805. The Balaban J connectivity index is 1.42. The van der Waals surface area contributed by atoms with E-state index in [-0.39, 0.29) is 18.1 Å². The van der Waals surface area contributed by atoms with Crippen LogP contribution in [0.4, 0.5) is 26.7 Å². The number of likely N-dealkylation sites (tertiary alicyclic amines) is 1. The number of nitrogens with one attached hydrogen (secondary N) is 2. The highest BCUT2D eigenvalue weighted by Crippen LogP contribution is 2.45. The van der Waals surface area contributed by atoms with Gasteiger partial charge in [-0.25, -0.2) is 9.59 Å². The Hall–Kier alpha value is -3.06. The molecule has 156 valence electrons. The molecule has 2 fully saturated rings. The molecule has 2 atom stereocenters. The molecule has 7 nitrogen and oxygen atoms in total. The van der Waals surface area contributed by atoms with E-state index < -0.39 is 0 Å². The van der Waals surface area contributed by atoms with Gasteiger partial charge in [0.1, 0.15) is 0 Å². The summed E-state index contributed by atoms with van der Waals surface area (Å²) in [7, 11) is 2.15.